The largest absolute Gasteiger partial charge is 0.376 e. The van der Waals surface area contributed by atoms with Crippen LogP contribution in [-0.4, -0.2) is 50.3 Å². The molecule has 0 bridgehead atoms. The number of guanidine groups is 1. The molecule has 2 aliphatic rings. The van der Waals surface area contributed by atoms with Gasteiger partial charge in [-0.1, -0.05) is 0 Å². The first-order chi connectivity index (χ1) is 8.88. The maximum Gasteiger partial charge on any atom is 0.191 e. The van der Waals surface area contributed by atoms with Crippen molar-refractivity contribution in [2.45, 2.75) is 31.8 Å². The van der Waals surface area contributed by atoms with Crippen molar-refractivity contribution >= 4 is 41.7 Å². The van der Waals surface area contributed by atoms with Gasteiger partial charge in [-0.2, -0.15) is 11.8 Å². The molecule has 6 heteroatoms. The molecule has 2 aliphatic heterocycles. The maximum atomic E-state index is 5.59. The summed E-state index contributed by atoms with van der Waals surface area (Å²) in [4.78, 5) is 4.27. The van der Waals surface area contributed by atoms with E-state index in [1.165, 1.54) is 37.2 Å². The van der Waals surface area contributed by atoms with Crippen molar-refractivity contribution in [3.8, 4) is 0 Å². The number of hydrogen-bond donors (Lipinski definition) is 2. The minimum atomic E-state index is 0. The number of hydrogen-bond acceptors (Lipinski definition) is 3. The van der Waals surface area contributed by atoms with Gasteiger partial charge in [0.15, 0.2) is 5.96 Å². The van der Waals surface area contributed by atoms with Crippen molar-refractivity contribution in [2.75, 3.05) is 38.2 Å². The summed E-state index contributed by atoms with van der Waals surface area (Å²) in [6.45, 7) is 2.84. The number of ether oxygens (including phenoxy) is 1. The predicted octanol–water partition coefficient (Wildman–Crippen LogP) is 2.09. The van der Waals surface area contributed by atoms with Crippen LogP contribution in [-0.2, 0) is 4.74 Å². The Bertz CT molecular complexity index is 267. The van der Waals surface area contributed by atoms with Crippen LogP contribution in [0.5, 0.6) is 0 Å². The highest BCUT2D eigenvalue weighted by Gasteiger charge is 2.16. The lowest BCUT2D eigenvalue weighted by atomic mass is 10.0. The van der Waals surface area contributed by atoms with E-state index in [4.69, 9.17) is 4.74 Å². The predicted molar refractivity (Wildman–Crippen MR) is 93.8 cm³/mol. The van der Waals surface area contributed by atoms with Crippen molar-refractivity contribution in [2.24, 2.45) is 10.9 Å². The molecule has 2 N–H and O–H groups in total. The molecule has 0 aliphatic carbocycles. The lowest BCUT2D eigenvalue weighted by molar-refractivity contribution is 0.114. The Morgan fingerprint density at radius 3 is 2.58 bits per heavy atom. The minimum absolute atomic E-state index is 0. The summed E-state index contributed by atoms with van der Waals surface area (Å²) >= 11 is 2.08. The van der Waals surface area contributed by atoms with E-state index in [9.17, 15) is 0 Å². The Balaban J connectivity index is 0.00000180. The third-order valence-corrected chi connectivity index (χ3v) is 4.69. The summed E-state index contributed by atoms with van der Waals surface area (Å²) in [5.41, 5.74) is 0. The number of thioether (sulfide) groups is 1. The van der Waals surface area contributed by atoms with Crippen LogP contribution in [0.25, 0.3) is 0 Å². The van der Waals surface area contributed by atoms with Crippen LogP contribution < -0.4 is 10.6 Å². The van der Waals surface area contributed by atoms with Crippen LogP contribution in [0.3, 0.4) is 0 Å². The summed E-state index contributed by atoms with van der Waals surface area (Å²) in [6.07, 6.45) is 5.40. The molecule has 0 aromatic carbocycles. The monoisotopic (exact) mass is 399 g/mol. The number of rotatable bonds is 4. The molecule has 19 heavy (non-hydrogen) atoms. The molecule has 1 unspecified atom stereocenters. The van der Waals surface area contributed by atoms with Gasteiger partial charge in [-0.15, -0.1) is 24.0 Å². The summed E-state index contributed by atoms with van der Waals surface area (Å²) in [5.74, 6) is 4.36. The zero-order chi connectivity index (χ0) is 12.6. The molecule has 1 atom stereocenters. The Morgan fingerprint density at radius 2 is 1.95 bits per heavy atom. The molecule has 112 valence electrons. The average molecular weight is 399 g/mol. The fourth-order valence-electron chi connectivity index (χ4n) is 2.43. The van der Waals surface area contributed by atoms with E-state index in [0.717, 1.165) is 31.6 Å². The van der Waals surface area contributed by atoms with Crippen LogP contribution in [0.1, 0.15) is 25.7 Å². The topological polar surface area (TPSA) is 45.7 Å². The molecule has 0 amide bonds. The van der Waals surface area contributed by atoms with Gasteiger partial charge < -0.3 is 15.4 Å². The van der Waals surface area contributed by atoms with Crippen LogP contribution in [0.4, 0.5) is 0 Å². The molecular weight excluding hydrogens is 373 g/mol. The summed E-state index contributed by atoms with van der Waals surface area (Å²) in [7, 11) is 1.83. The highest BCUT2D eigenvalue weighted by molar-refractivity contribution is 14.0. The van der Waals surface area contributed by atoms with Gasteiger partial charge in [0.2, 0.25) is 0 Å². The molecule has 0 spiro atoms. The number of nitrogens with one attached hydrogen (secondary N) is 2. The van der Waals surface area contributed by atoms with Crippen LogP contribution >= 0.6 is 35.7 Å². The zero-order valence-electron chi connectivity index (χ0n) is 11.7. The van der Waals surface area contributed by atoms with Gasteiger partial charge >= 0.3 is 0 Å². The van der Waals surface area contributed by atoms with Gasteiger partial charge in [0, 0.05) is 26.7 Å². The SMILES string of the molecule is CN=C(NCC1CCSCC1)NCC1CCCO1.I. The summed E-state index contributed by atoms with van der Waals surface area (Å²) in [6, 6.07) is 0. The van der Waals surface area contributed by atoms with Gasteiger partial charge in [0.25, 0.3) is 0 Å². The second-order valence-corrected chi connectivity index (χ2v) is 6.25. The smallest absolute Gasteiger partial charge is 0.191 e. The Kier molecular flexibility index (Phi) is 9.23. The summed E-state index contributed by atoms with van der Waals surface area (Å²) in [5, 5.41) is 6.80. The second-order valence-electron chi connectivity index (χ2n) is 5.02. The van der Waals surface area contributed by atoms with Crippen LogP contribution in [0.2, 0.25) is 0 Å². The van der Waals surface area contributed by atoms with Gasteiger partial charge in [-0.25, -0.2) is 0 Å². The van der Waals surface area contributed by atoms with Crippen LogP contribution in [0, 0.1) is 5.92 Å². The van der Waals surface area contributed by atoms with Crippen molar-refractivity contribution in [1.29, 1.82) is 0 Å². The molecule has 0 radical (unpaired) electrons. The highest BCUT2D eigenvalue weighted by Crippen LogP contribution is 2.21. The zero-order valence-corrected chi connectivity index (χ0v) is 14.8. The van der Waals surface area contributed by atoms with E-state index in [1.807, 2.05) is 7.05 Å². The quantitative estimate of drug-likeness (QED) is 0.432. The van der Waals surface area contributed by atoms with Crippen molar-refractivity contribution in [1.82, 2.24) is 10.6 Å². The van der Waals surface area contributed by atoms with Crippen LogP contribution in [0.15, 0.2) is 4.99 Å². The van der Waals surface area contributed by atoms with E-state index >= 15 is 0 Å². The van der Waals surface area contributed by atoms with Crippen molar-refractivity contribution in [3.63, 3.8) is 0 Å². The first-order valence-electron chi connectivity index (χ1n) is 7.02. The summed E-state index contributed by atoms with van der Waals surface area (Å²) < 4.78 is 5.59. The number of halogens is 1. The fraction of sp³-hybridized carbons (Fsp3) is 0.923. The van der Waals surface area contributed by atoms with Crippen molar-refractivity contribution < 1.29 is 4.74 Å². The third kappa shape index (κ3) is 6.53. The van der Waals surface area contributed by atoms with E-state index in [2.05, 4.69) is 27.4 Å². The first kappa shape index (κ1) is 17.4. The fourth-order valence-corrected chi connectivity index (χ4v) is 3.63. The van der Waals surface area contributed by atoms with E-state index < -0.39 is 0 Å². The Hall–Kier alpha value is 0.310. The van der Waals surface area contributed by atoms with E-state index in [1.54, 1.807) is 0 Å². The number of nitrogens with zero attached hydrogens (tertiary/aromatic N) is 1. The van der Waals surface area contributed by atoms with Gasteiger partial charge in [-0.3, -0.25) is 4.99 Å². The normalized spacial score (nSPS) is 24.9. The molecule has 0 saturated carbocycles. The van der Waals surface area contributed by atoms with E-state index in [-0.39, 0.29) is 24.0 Å². The molecule has 2 heterocycles. The van der Waals surface area contributed by atoms with E-state index in [0.29, 0.717) is 6.10 Å². The highest BCUT2D eigenvalue weighted by atomic mass is 127. The molecule has 4 nitrogen and oxygen atoms in total. The molecule has 0 aromatic rings. The van der Waals surface area contributed by atoms with Gasteiger partial charge in [0.05, 0.1) is 6.10 Å². The molecule has 0 aromatic heterocycles. The molecular formula is C13H26IN3OS. The van der Waals surface area contributed by atoms with Gasteiger partial charge in [0.1, 0.15) is 0 Å². The Morgan fingerprint density at radius 1 is 1.21 bits per heavy atom. The lowest BCUT2D eigenvalue weighted by Crippen LogP contribution is -2.43. The minimum Gasteiger partial charge on any atom is -0.376 e. The third-order valence-electron chi connectivity index (χ3n) is 3.64. The number of aliphatic imine (C=N–C) groups is 1. The average Bonchev–Trinajstić information content (AvgIpc) is 2.93. The van der Waals surface area contributed by atoms with Crippen molar-refractivity contribution in [3.05, 3.63) is 0 Å². The maximum absolute atomic E-state index is 5.59. The molecule has 2 rings (SSSR count). The molecule has 2 saturated heterocycles. The van der Waals surface area contributed by atoms with Gasteiger partial charge in [-0.05, 0) is 43.1 Å². The molecule has 2 fully saturated rings. The Labute approximate surface area is 137 Å². The second kappa shape index (κ2) is 10.1. The first-order valence-corrected chi connectivity index (χ1v) is 8.18. The lowest BCUT2D eigenvalue weighted by Gasteiger charge is -2.23. The standard InChI is InChI=1S/C13H25N3OS.HI/c1-14-13(16-10-12-3-2-6-17-12)15-9-11-4-7-18-8-5-11;/h11-12H,2-10H2,1H3,(H2,14,15,16);1H.